The largest absolute Gasteiger partial charge is 0.479 e. The Morgan fingerprint density at radius 2 is 2.13 bits per heavy atom. The van der Waals surface area contributed by atoms with E-state index in [-0.39, 0.29) is 0 Å². The number of rotatable bonds is 4. The standard InChI is InChI=1S/C10H10Cl2O3/c1-2-15-9(10(13)14)6-3-4-7(11)8(12)5-6/h3-5,9H,2H2,1H3,(H,13,14). The molecule has 1 atom stereocenters. The molecule has 1 aromatic rings. The third-order valence-electron chi connectivity index (χ3n) is 1.80. The summed E-state index contributed by atoms with van der Waals surface area (Å²) in [5.74, 6) is -1.05. The molecule has 0 saturated heterocycles. The number of aliphatic carboxylic acids is 1. The summed E-state index contributed by atoms with van der Waals surface area (Å²) in [4.78, 5) is 10.9. The molecule has 15 heavy (non-hydrogen) atoms. The molecule has 0 aliphatic rings. The average Bonchev–Trinajstić information content (AvgIpc) is 2.18. The number of benzene rings is 1. The SMILES string of the molecule is CCOC(C(=O)O)c1ccc(Cl)c(Cl)c1. The number of hydrogen-bond acceptors (Lipinski definition) is 2. The Bertz CT molecular complexity index is 366. The predicted octanol–water partition coefficient (Wildman–Crippen LogP) is 3.16. The van der Waals surface area contributed by atoms with Crippen LogP contribution < -0.4 is 0 Å². The van der Waals surface area contributed by atoms with E-state index in [9.17, 15) is 4.79 Å². The van der Waals surface area contributed by atoms with Crippen molar-refractivity contribution >= 4 is 29.2 Å². The summed E-state index contributed by atoms with van der Waals surface area (Å²) < 4.78 is 5.08. The molecule has 1 N–H and O–H groups in total. The number of ether oxygens (including phenoxy) is 1. The Kier molecular flexibility index (Phi) is 4.39. The maximum absolute atomic E-state index is 10.9. The minimum atomic E-state index is -1.05. The number of carboxylic acids is 1. The van der Waals surface area contributed by atoms with Crippen molar-refractivity contribution in [1.82, 2.24) is 0 Å². The number of carbonyl (C=O) groups is 1. The Morgan fingerprint density at radius 3 is 2.60 bits per heavy atom. The summed E-state index contributed by atoms with van der Waals surface area (Å²) in [5, 5.41) is 9.63. The van der Waals surface area contributed by atoms with Gasteiger partial charge in [0.05, 0.1) is 10.0 Å². The van der Waals surface area contributed by atoms with Gasteiger partial charge >= 0.3 is 5.97 Å². The summed E-state index contributed by atoms with van der Waals surface area (Å²) in [6.07, 6.45) is -0.996. The van der Waals surface area contributed by atoms with E-state index in [1.54, 1.807) is 19.1 Å². The fourth-order valence-corrected chi connectivity index (χ4v) is 1.46. The maximum atomic E-state index is 10.9. The van der Waals surface area contributed by atoms with Gasteiger partial charge in [0.25, 0.3) is 0 Å². The van der Waals surface area contributed by atoms with E-state index < -0.39 is 12.1 Å². The predicted molar refractivity (Wildman–Crippen MR) is 58.5 cm³/mol. The van der Waals surface area contributed by atoms with Gasteiger partial charge < -0.3 is 9.84 Å². The molecule has 0 radical (unpaired) electrons. The number of carboxylic acid groups (broad SMARTS) is 1. The molecular weight excluding hydrogens is 239 g/mol. The highest BCUT2D eigenvalue weighted by Crippen LogP contribution is 2.27. The van der Waals surface area contributed by atoms with Crippen molar-refractivity contribution in [2.45, 2.75) is 13.0 Å². The maximum Gasteiger partial charge on any atom is 0.337 e. The lowest BCUT2D eigenvalue weighted by Crippen LogP contribution is -2.15. The second-order valence-electron chi connectivity index (χ2n) is 2.85. The summed E-state index contributed by atoms with van der Waals surface area (Å²) in [6, 6.07) is 4.63. The minimum Gasteiger partial charge on any atom is -0.479 e. The van der Waals surface area contributed by atoms with Crippen LogP contribution in [0.3, 0.4) is 0 Å². The first-order chi connectivity index (χ1) is 7.06. The summed E-state index contributed by atoms with van der Waals surface area (Å²) in [7, 11) is 0. The van der Waals surface area contributed by atoms with Crippen molar-refractivity contribution in [2.75, 3.05) is 6.61 Å². The topological polar surface area (TPSA) is 46.5 Å². The Labute approximate surface area is 97.6 Å². The lowest BCUT2D eigenvalue weighted by Gasteiger charge is -2.13. The van der Waals surface area contributed by atoms with Crippen LogP contribution in [-0.4, -0.2) is 17.7 Å². The molecule has 0 aliphatic carbocycles. The number of halogens is 2. The van der Waals surface area contributed by atoms with Crippen LogP contribution in [0.2, 0.25) is 10.0 Å². The third-order valence-corrected chi connectivity index (χ3v) is 2.54. The van der Waals surface area contributed by atoms with Gasteiger partial charge in [-0.2, -0.15) is 0 Å². The molecule has 82 valence electrons. The quantitative estimate of drug-likeness (QED) is 0.891. The zero-order valence-electron chi connectivity index (χ0n) is 8.04. The van der Waals surface area contributed by atoms with Crippen molar-refractivity contribution in [3.8, 4) is 0 Å². The molecule has 1 aromatic carbocycles. The zero-order valence-corrected chi connectivity index (χ0v) is 9.55. The van der Waals surface area contributed by atoms with Crippen LogP contribution in [0.25, 0.3) is 0 Å². The first-order valence-corrected chi connectivity index (χ1v) is 5.11. The molecule has 0 aliphatic heterocycles. The fourth-order valence-electron chi connectivity index (χ4n) is 1.15. The van der Waals surface area contributed by atoms with E-state index in [1.807, 2.05) is 0 Å². The first-order valence-electron chi connectivity index (χ1n) is 4.35. The minimum absolute atomic E-state index is 0.317. The van der Waals surface area contributed by atoms with Crippen LogP contribution in [0, 0.1) is 0 Å². The van der Waals surface area contributed by atoms with Crippen LogP contribution in [0.15, 0.2) is 18.2 Å². The molecule has 1 rings (SSSR count). The monoisotopic (exact) mass is 248 g/mol. The zero-order chi connectivity index (χ0) is 11.4. The molecule has 0 heterocycles. The summed E-state index contributed by atoms with van der Waals surface area (Å²) in [6.45, 7) is 2.05. The van der Waals surface area contributed by atoms with Crippen molar-refractivity contribution in [1.29, 1.82) is 0 Å². The van der Waals surface area contributed by atoms with E-state index >= 15 is 0 Å². The molecule has 0 aromatic heterocycles. The molecule has 0 bridgehead atoms. The van der Waals surface area contributed by atoms with E-state index in [0.717, 1.165) is 0 Å². The van der Waals surface area contributed by atoms with Gasteiger partial charge in [0.2, 0.25) is 0 Å². The third kappa shape index (κ3) is 3.09. The van der Waals surface area contributed by atoms with Crippen LogP contribution in [-0.2, 0) is 9.53 Å². The molecular formula is C10H10Cl2O3. The Balaban J connectivity index is 3.01. The molecule has 0 amide bonds. The lowest BCUT2D eigenvalue weighted by molar-refractivity contribution is -0.150. The molecule has 0 fully saturated rings. The van der Waals surface area contributed by atoms with Crippen molar-refractivity contribution in [3.63, 3.8) is 0 Å². The van der Waals surface area contributed by atoms with Gasteiger partial charge in [-0.05, 0) is 24.6 Å². The van der Waals surface area contributed by atoms with Gasteiger partial charge in [0.1, 0.15) is 0 Å². The second-order valence-corrected chi connectivity index (χ2v) is 3.66. The van der Waals surface area contributed by atoms with Crippen LogP contribution in [0.4, 0.5) is 0 Å². The molecule has 1 unspecified atom stereocenters. The molecule has 3 nitrogen and oxygen atoms in total. The van der Waals surface area contributed by atoms with Crippen LogP contribution >= 0.6 is 23.2 Å². The Morgan fingerprint density at radius 1 is 1.47 bits per heavy atom. The first kappa shape index (κ1) is 12.3. The molecule has 5 heteroatoms. The average molecular weight is 249 g/mol. The van der Waals surface area contributed by atoms with Crippen molar-refractivity contribution in [3.05, 3.63) is 33.8 Å². The fraction of sp³-hybridized carbons (Fsp3) is 0.300. The van der Waals surface area contributed by atoms with E-state index in [2.05, 4.69) is 0 Å². The van der Waals surface area contributed by atoms with Gasteiger partial charge in [-0.3, -0.25) is 0 Å². The van der Waals surface area contributed by atoms with Gasteiger partial charge in [-0.25, -0.2) is 4.79 Å². The molecule has 0 spiro atoms. The van der Waals surface area contributed by atoms with E-state index in [1.165, 1.54) is 6.07 Å². The van der Waals surface area contributed by atoms with Crippen LogP contribution in [0.1, 0.15) is 18.6 Å². The normalized spacial score (nSPS) is 12.5. The van der Waals surface area contributed by atoms with Gasteiger partial charge in [-0.1, -0.05) is 29.3 Å². The van der Waals surface area contributed by atoms with Gasteiger partial charge in [0.15, 0.2) is 6.10 Å². The summed E-state index contributed by atoms with van der Waals surface area (Å²) in [5.41, 5.74) is 0.485. The Hall–Kier alpha value is -0.770. The highest BCUT2D eigenvalue weighted by atomic mass is 35.5. The summed E-state index contributed by atoms with van der Waals surface area (Å²) >= 11 is 11.5. The second kappa shape index (κ2) is 5.35. The molecule has 0 saturated carbocycles. The number of hydrogen-bond donors (Lipinski definition) is 1. The van der Waals surface area contributed by atoms with E-state index in [4.69, 9.17) is 33.0 Å². The van der Waals surface area contributed by atoms with Crippen LogP contribution in [0.5, 0.6) is 0 Å². The van der Waals surface area contributed by atoms with Crippen molar-refractivity contribution < 1.29 is 14.6 Å². The van der Waals surface area contributed by atoms with Gasteiger partial charge in [-0.15, -0.1) is 0 Å². The van der Waals surface area contributed by atoms with Gasteiger partial charge in [0, 0.05) is 6.61 Å². The lowest BCUT2D eigenvalue weighted by atomic mass is 10.1. The van der Waals surface area contributed by atoms with Crippen molar-refractivity contribution in [2.24, 2.45) is 0 Å². The highest BCUT2D eigenvalue weighted by Gasteiger charge is 2.20. The van der Waals surface area contributed by atoms with E-state index in [0.29, 0.717) is 22.2 Å². The highest BCUT2D eigenvalue weighted by molar-refractivity contribution is 6.42. The smallest absolute Gasteiger partial charge is 0.337 e.